The number of nitrogens with one attached hydrogen (secondary N) is 1. The Hall–Kier alpha value is -0.540. The molecule has 0 radical (unpaired) electrons. The molecule has 0 saturated carbocycles. The minimum Gasteiger partial charge on any atom is -0.314 e. The van der Waals surface area contributed by atoms with Crippen molar-refractivity contribution in [2.45, 2.75) is 39.2 Å². The number of benzene rings is 1. The molecule has 0 amide bonds. The molecule has 0 fully saturated rings. The van der Waals surface area contributed by atoms with Gasteiger partial charge in [-0.05, 0) is 55.4 Å². The fourth-order valence-corrected chi connectivity index (χ4v) is 2.63. The van der Waals surface area contributed by atoms with Crippen LogP contribution in [0.25, 0.3) is 0 Å². The monoisotopic (exact) mass is 283 g/mol. The Balaban J connectivity index is 2.54. The van der Waals surface area contributed by atoms with Crippen molar-refractivity contribution in [3.63, 3.8) is 0 Å². The number of rotatable bonds is 9. The molecule has 0 bridgehead atoms. The first-order valence-corrected chi connectivity index (χ1v) is 8.48. The molecule has 19 heavy (non-hydrogen) atoms. The number of hydrogen-bond donors (Lipinski definition) is 1. The predicted molar refractivity (Wildman–Crippen MR) is 84.3 cm³/mol. The van der Waals surface area contributed by atoms with Gasteiger partial charge in [0.15, 0.2) is 0 Å². The van der Waals surface area contributed by atoms with Gasteiger partial charge in [-0.3, -0.25) is 0 Å². The van der Waals surface area contributed by atoms with E-state index in [2.05, 4.69) is 25.4 Å². The smallest absolute Gasteiger partial charge is 0.126 e. The maximum Gasteiger partial charge on any atom is 0.126 e. The summed E-state index contributed by atoms with van der Waals surface area (Å²) in [6.45, 7) is 5.28. The van der Waals surface area contributed by atoms with E-state index in [1.165, 1.54) is 12.2 Å². The summed E-state index contributed by atoms with van der Waals surface area (Å²) in [6.07, 6.45) is 5.34. The summed E-state index contributed by atoms with van der Waals surface area (Å²) in [5.74, 6) is 1.64. The molecule has 0 spiro atoms. The van der Waals surface area contributed by atoms with E-state index >= 15 is 0 Å². The van der Waals surface area contributed by atoms with Crippen molar-refractivity contribution >= 4 is 11.8 Å². The highest BCUT2D eigenvalue weighted by molar-refractivity contribution is 7.98. The topological polar surface area (TPSA) is 12.0 Å². The second kappa shape index (κ2) is 9.38. The quantitative estimate of drug-likeness (QED) is 0.684. The Morgan fingerprint density at radius 1 is 1.26 bits per heavy atom. The maximum absolute atomic E-state index is 13.7. The van der Waals surface area contributed by atoms with Gasteiger partial charge >= 0.3 is 0 Å². The molecule has 3 heteroatoms. The van der Waals surface area contributed by atoms with E-state index in [1.807, 2.05) is 23.9 Å². The lowest BCUT2D eigenvalue weighted by Crippen LogP contribution is -2.30. The SMILES string of the molecule is CSCCCC(CNC(C)C)Cc1ccccc1F. The number of halogens is 1. The summed E-state index contributed by atoms with van der Waals surface area (Å²) in [6, 6.07) is 7.64. The first kappa shape index (κ1) is 16.5. The standard InChI is InChI=1S/C16H26FNS/c1-13(2)18-12-14(7-6-10-19-3)11-15-8-4-5-9-16(15)17/h4-5,8-9,13-14,18H,6-7,10-12H2,1-3H3. The predicted octanol–water partition coefficient (Wildman–Crippen LogP) is 4.13. The maximum atomic E-state index is 13.7. The highest BCUT2D eigenvalue weighted by atomic mass is 32.2. The summed E-state index contributed by atoms with van der Waals surface area (Å²) in [5, 5.41) is 3.48. The first-order valence-electron chi connectivity index (χ1n) is 7.09. The van der Waals surface area contributed by atoms with Gasteiger partial charge in [0.1, 0.15) is 5.82 Å². The Morgan fingerprint density at radius 2 is 2.00 bits per heavy atom. The van der Waals surface area contributed by atoms with Gasteiger partial charge in [-0.25, -0.2) is 4.39 Å². The van der Waals surface area contributed by atoms with Crippen LogP contribution in [0.15, 0.2) is 24.3 Å². The van der Waals surface area contributed by atoms with Crippen LogP contribution in [-0.2, 0) is 6.42 Å². The van der Waals surface area contributed by atoms with Gasteiger partial charge < -0.3 is 5.32 Å². The van der Waals surface area contributed by atoms with Gasteiger partial charge in [-0.2, -0.15) is 11.8 Å². The highest BCUT2D eigenvalue weighted by Gasteiger charge is 2.12. The minimum absolute atomic E-state index is 0.0677. The summed E-state index contributed by atoms with van der Waals surface area (Å²) in [7, 11) is 0. The average molecular weight is 283 g/mol. The highest BCUT2D eigenvalue weighted by Crippen LogP contribution is 2.17. The van der Waals surface area contributed by atoms with Crippen molar-refractivity contribution < 1.29 is 4.39 Å². The second-order valence-corrected chi connectivity index (χ2v) is 6.35. The van der Waals surface area contributed by atoms with E-state index in [1.54, 1.807) is 12.1 Å². The molecule has 0 saturated heterocycles. The number of hydrogen-bond acceptors (Lipinski definition) is 2. The molecule has 108 valence electrons. The Labute approximate surface area is 121 Å². The molecule has 0 aromatic heterocycles. The van der Waals surface area contributed by atoms with Gasteiger partial charge in [0.2, 0.25) is 0 Å². The third-order valence-electron chi connectivity index (χ3n) is 3.24. The van der Waals surface area contributed by atoms with Crippen LogP contribution in [0.3, 0.4) is 0 Å². The van der Waals surface area contributed by atoms with E-state index in [9.17, 15) is 4.39 Å². The van der Waals surface area contributed by atoms with E-state index in [0.29, 0.717) is 12.0 Å². The molecule has 1 unspecified atom stereocenters. The zero-order chi connectivity index (χ0) is 14.1. The van der Waals surface area contributed by atoms with Gasteiger partial charge in [0, 0.05) is 6.04 Å². The van der Waals surface area contributed by atoms with Gasteiger partial charge in [-0.1, -0.05) is 32.0 Å². The van der Waals surface area contributed by atoms with Crippen LogP contribution in [0.1, 0.15) is 32.3 Å². The van der Waals surface area contributed by atoms with Crippen LogP contribution in [0.4, 0.5) is 4.39 Å². The van der Waals surface area contributed by atoms with E-state index in [4.69, 9.17) is 0 Å². The molecular formula is C16H26FNS. The van der Waals surface area contributed by atoms with Crippen molar-refractivity contribution in [1.82, 2.24) is 5.32 Å². The van der Waals surface area contributed by atoms with Crippen molar-refractivity contribution in [2.75, 3.05) is 18.6 Å². The minimum atomic E-state index is -0.0677. The Kier molecular flexibility index (Phi) is 8.15. The second-order valence-electron chi connectivity index (χ2n) is 5.36. The molecule has 1 atom stereocenters. The number of thioether (sulfide) groups is 1. The van der Waals surface area contributed by atoms with Crippen LogP contribution >= 0.6 is 11.8 Å². The largest absolute Gasteiger partial charge is 0.314 e. The van der Waals surface area contributed by atoms with Crippen LogP contribution in [0.5, 0.6) is 0 Å². The Bertz CT molecular complexity index is 354. The van der Waals surface area contributed by atoms with Crippen molar-refractivity contribution in [1.29, 1.82) is 0 Å². The summed E-state index contributed by atoms with van der Waals surface area (Å²) >= 11 is 1.88. The average Bonchev–Trinajstić information content (AvgIpc) is 2.38. The zero-order valence-electron chi connectivity index (χ0n) is 12.3. The third-order valence-corrected chi connectivity index (χ3v) is 3.94. The van der Waals surface area contributed by atoms with Gasteiger partial charge in [-0.15, -0.1) is 0 Å². The molecule has 1 nitrogen and oxygen atoms in total. The van der Waals surface area contributed by atoms with E-state index < -0.39 is 0 Å². The molecule has 1 aromatic carbocycles. The van der Waals surface area contributed by atoms with Crippen molar-refractivity contribution in [2.24, 2.45) is 5.92 Å². The lowest BCUT2D eigenvalue weighted by atomic mass is 9.94. The lowest BCUT2D eigenvalue weighted by molar-refractivity contribution is 0.414. The summed E-state index contributed by atoms with van der Waals surface area (Å²) < 4.78 is 13.7. The molecule has 0 heterocycles. The zero-order valence-corrected chi connectivity index (χ0v) is 13.1. The summed E-state index contributed by atoms with van der Waals surface area (Å²) in [5.41, 5.74) is 0.849. The lowest BCUT2D eigenvalue weighted by Gasteiger charge is -2.19. The van der Waals surface area contributed by atoms with Gasteiger partial charge in [0.05, 0.1) is 0 Å². The van der Waals surface area contributed by atoms with E-state index in [0.717, 1.165) is 24.9 Å². The van der Waals surface area contributed by atoms with Crippen LogP contribution in [0, 0.1) is 11.7 Å². The molecule has 1 aromatic rings. The van der Waals surface area contributed by atoms with Crippen LogP contribution in [-0.4, -0.2) is 24.6 Å². The van der Waals surface area contributed by atoms with Gasteiger partial charge in [0.25, 0.3) is 0 Å². The first-order chi connectivity index (χ1) is 9.13. The van der Waals surface area contributed by atoms with Crippen LogP contribution < -0.4 is 5.32 Å². The van der Waals surface area contributed by atoms with Crippen molar-refractivity contribution in [3.8, 4) is 0 Å². The molecule has 0 aliphatic carbocycles. The van der Waals surface area contributed by atoms with Crippen molar-refractivity contribution in [3.05, 3.63) is 35.6 Å². The molecule has 1 rings (SSSR count). The molecule has 0 aliphatic rings. The van der Waals surface area contributed by atoms with Crippen LogP contribution in [0.2, 0.25) is 0 Å². The normalized spacial score (nSPS) is 12.9. The fraction of sp³-hybridized carbons (Fsp3) is 0.625. The third kappa shape index (κ3) is 6.98. The summed E-state index contributed by atoms with van der Waals surface area (Å²) in [4.78, 5) is 0. The Morgan fingerprint density at radius 3 is 2.63 bits per heavy atom. The molecule has 1 N–H and O–H groups in total. The molecule has 0 aliphatic heterocycles. The fourth-order valence-electron chi connectivity index (χ4n) is 2.17. The molecular weight excluding hydrogens is 257 g/mol. The van der Waals surface area contributed by atoms with E-state index in [-0.39, 0.29) is 5.82 Å².